The van der Waals surface area contributed by atoms with Gasteiger partial charge in [0.05, 0.1) is 6.04 Å². The predicted molar refractivity (Wildman–Crippen MR) is 86.2 cm³/mol. The predicted octanol–water partition coefficient (Wildman–Crippen LogP) is 3.53. The molecule has 7 heteroatoms. The highest BCUT2D eigenvalue weighted by atomic mass is 19.1. The third-order valence-electron chi connectivity index (χ3n) is 3.54. The van der Waals surface area contributed by atoms with Gasteiger partial charge in [0.1, 0.15) is 23.1 Å². The van der Waals surface area contributed by atoms with Gasteiger partial charge in [0.2, 0.25) is 0 Å². The lowest BCUT2D eigenvalue weighted by Crippen LogP contribution is -2.37. The molecule has 1 atom stereocenters. The van der Waals surface area contributed by atoms with Crippen LogP contribution in [0.5, 0.6) is 0 Å². The lowest BCUT2D eigenvalue weighted by Gasteiger charge is -2.25. The highest BCUT2D eigenvalue weighted by molar-refractivity contribution is 5.89. The van der Waals surface area contributed by atoms with E-state index in [9.17, 15) is 18.0 Å². The van der Waals surface area contributed by atoms with Crippen LogP contribution in [0.3, 0.4) is 0 Å². The first-order chi connectivity index (χ1) is 11.4. The van der Waals surface area contributed by atoms with Crippen molar-refractivity contribution in [1.82, 2.24) is 10.2 Å². The Hall–Kier alpha value is -2.54. The largest absolute Gasteiger partial charge is 0.336 e. The number of carbonyl (C=O) groups excluding carboxylic acids is 1. The van der Waals surface area contributed by atoms with Gasteiger partial charge in [-0.2, -0.15) is 0 Å². The first kappa shape index (κ1) is 17.8. The van der Waals surface area contributed by atoms with Crippen LogP contribution in [0, 0.1) is 17.5 Å². The fourth-order valence-electron chi connectivity index (χ4n) is 2.25. The minimum Gasteiger partial charge on any atom is -0.336 e. The topological polar surface area (TPSA) is 44.4 Å². The van der Waals surface area contributed by atoms with Crippen LogP contribution in [0.25, 0.3) is 0 Å². The lowest BCUT2D eigenvalue weighted by atomic mass is 10.1. The van der Waals surface area contributed by atoms with Gasteiger partial charge in [-0.15, -0.1) is 0 Å². The van der Waals surface area contributed by atoms with E-state index in [-0.39, 0.29) is 18.4 Å². The molecule has 2 aromatic carbocycles. The Kier molecular flexibility index (Phi) is 5.81. The number of para-hydroxylation sites is 1. The van der Waals surface area contributed by atoms with Gasteiger partial charge in [-0.1, -0.05) is 18.2 Å². The number of nitrogens with one attached hydrogen (secondary N) is 2. The van der Waals surface area contributed by atoms with Crippen LogP contribution in [-0.4, -0.2) is 31.6 Å². The van der Waals surface area contributed by atoms with Crippen LogP contribution in [0.2, 0.25) is 0 Å². The normalized spacial score (nSPS) is 12.1. The number of urea groups is 1. The van der Waals surface area contributed by atoms with Crippen LogP contribution in [0.1, 0.15) is 11.6 Å². The molecule has 0 bridgehead atoms. The summed E-state index contributed by atoms with van der Waals surface area (Å²) in [4.78, 5) is 13.7. The molecule has 0 radical (unpaired) electrons. The van der Waals surface area contributed by atoms with Crippen LogP contribution in [0.4, 0.5) is 23.7 Å². The third-order valence-corrected chi connectivity index (χ3v) is 3.54. The number of anilines is 1. The summed E-state index contributed by atoms with van der Waals surface area (Å²) in [6, 6.07) is 8.28. The number of halogens is 3. The number of rotatable bonds is 5. The number of benzene rings is 2. The van der Waals surface area contributed by atoms with Crippen molar-refractivity contribution in [1.29, 1.82) is 0 Å². The van der Waals surface area contributed by atoms with Crippen LogP contribution < -0.4 is 10.6 Å². The summed E-state index contributed by atoms with van der Waals surface area (Å²) in [5, 5.41) is 4.72. The zero-order chi connectivity index (χ0) is 17.7. The summed E-state index contributed by atoms with van der Waals surface area (Å²) in [6.07, 6.45) is 0. The Morgan fingerprint density at radius 3 is 2.17 bits per heavy atom. The number of likely N-dealkylation sites (N-methyl/N-ethyl adjacent to an activating group) is 1. The van der Waals surface area contributed by atoms with E-state index in [0.29, 0.717) is 0 Å². The molecular weight excluding hydrogens is 319 g/mol. The molecule has 0 aromatic heterocycles. The smallest absolute Gasteiger partial charge is 0.319 e. The van der Waals surface area contributed by atoms with Gasteiger partial charge in [0.25, 0.3) is 0 Å². The highest BCUT2D eigenvalue weighted by Gasteiger charge is 2.17. The van der Waals surface area contributed by atoms with Gasteiger partial charge in [0, 0.05) is 6.54 Å². The second-order valence-electron chi connectivity index (χ2n) is 5.46. The number of amides is 2. The van der Waals surface area contributed by atoms with E-state index in [1.165, 1.54) is 18.2 Å². The van der Waals surface area contributed by atoms with E-state index in [2.05, 4.69) is 10.6 Å². The van der Waals surface area contributed by atoms with Crippen molar-refractivity contribution < 1.29 is 18.0 Å². The van der Waals surface area contributed by atoms with Gasteiger partial charge < -0.3 is 15.5 Å². The molecule has 0 aliphatic carbocycles. The molecule has 2 rings (SSSR count). The van der Waals surface area contributed by atoms with Gasteiger partial charge in [0.15, 0.2) is 0 Å². The summed E-state index contributed by atoms with van der Waals surface area (Å²) in [5.74, 6) is -2.06. The molecule has 4 nitrogen and oxygen atoms in total. The molecule has 0 saturated carbocycles. The van der Waals surface area contributed by atoms with E-state index < -0.39 is 23.4 Å². The molecular formula is C17H18F3N3O. The van der Waals surface area contributed by atoms with Crippen molar-refractivity contribution in [2.24, 2.45) is 0 Å². The molecule has 0 aliphatic rings. The van der Waals surface area contributed by atoms with Crippen LogP contribution in [0.15, 0.2) is 42.5 Å². The fourth-order valence-corrected chi connectivity index (χ4v) is 2.25. The van der Waals surface area contributed by atoms with Crippen molar-refractivity contribution in [2.75, 3.05) is 26.0 Å². The van der Waals surface area contributed by atoms with E-state index in [4.69, 9.17) is 0 Å². The zero-order valence-electron chi connectivity index (χ0n) is 13.3. The molecule has 0 aliphatic heterocycles. The zero-order valence-corrected chi connectivity index (χ0v) is 13.3. The average Bonchev–Trinajstić information content (AvgIpc) is 2.52. The van der Waals surface area contributed by atoms with Crippen molar-refractivity contribution in [3.8, 4) is 0 Å². The number of hydrogen-bond donors (Lipinski definition) is 2. The Morgan fingerprint density at radius 2 is 1.62 bits per heavy atom. The molecule has 0 spiro atoms. The van der Waals surface area contributed by atoms with E-state index in [0.717, 1.165) is 17.7 Å². The first-order valence-corrected chi connectivity index (χ1v) is 7.29. The van der Waals surface area contributed by atoms with Gasteiger partial charge in [-0.05, 0) is 43.9 Å². The van der Waals surface area contributed by atoms with E-state index in [1.54, 1.807) is 12.1 Å². The summed E-state index contributed by atoms with van der Waals surface area (Å²) < 4.78 is 40.0. The second-order valence-corrected chi connectivity index (χ2v) is 5.46. The Balaban J connectivity index is 2.01. The van der Waals surface area contributed by atoms with Crippen molar-refractivity contribution in [2.45, 2.75) is 6.04 Å². The van der Waals surface area contributed by atoms with E-state index >= 15 is 0 Å². The highest BCUT2D eigenvalue weighted by Crippen LogP contribution is 2.19. The molecule has 2 amide bonds. The molecule has 1 unspecified atom stereocenters. The molecule has 2 aromatic rings. The van der Waals surface area contributed by atoms with Gasteiger partial charge >= 0.3 is 6.03 Å². The van der Waals surface area contributed by atoms with Crippen molar-refractivity contribution in [3.63, 3.8) is 0 Å². The fraction of sp³-hybridized carbons (Fsp3) is 0.235. The van der Waals surface area contributed by atoms with Crippen LogP contribution >= 0.6 is 0 Å². The maximum Gasteiger partial charge on any atom is 0.319 e. The first-order valence-electron chi connectivity index (χ1n) is 7.29. The molecule has 128 valence electrons. The van der Waals surface area contributed by atoms with Gasteiger partial charge in [-0.3, -0.25) is 0 Å². The molecule has 0 heterocycles. The third kappa shape index (κ3) is 4.48. The Bertz CT molecular complexity index is 684. The quantitative estimate of drug-likeness (QED) is 0.877. The second kappa shape index (κ2) is 7.83. The molecule has 0 fully saturated rings. The maximum absolute atomic E-state index is 13.5. The number of hydrogen-bond acceptors (Lipinski definition) is 2. The SMILES string of the molecule is CN(C)C(CNC(=O)Nc1c(F)cccc1F)c1ccc(F)cc1. The summed E-state index contributed by atoms with van der Waals surface area (Å²) in [6.45, 7) is 0.181. The van der Waals surface area contributed by atoms with E-state index in [1.807, 2.05) is 19.0 Å². The number of carbonyl (C=O) groups is 1. The molecule has 2 N–H and O–H groups in total. The standard InChI is InChI=1S/C17H18F3N3O/c1-23(2)15(11-6-8-12(18)9-7-11)10-21-17(24)22-16-13(19)4-3-5-14(16)20/h3-9,15H,10H2,1-2H3,(H2,21,22,24). The Labute approximate surface area is 138 Å². The van der Waals surface area contributed by atoms with Crippen molar-refractivity contribution in [3.05, 3.63) is 65.5 Å². The molecule has 0 saturated heterocycles. The lowest BCUT2D eigenvalue weighted by molar-refractivity contribution is 0.243. The summed E-state index contributed by atoms with van der Waals surface area (Å²) in [5.41, 5.74) is 0.303. The Morgan fingerprint density at radius 1 is 1.04 bits per heavy atom. The van der Waals surface area contributed by atoms with Crippen molar-refractivity contribution >= 4 is 11.7 Å². The monoisotopic (exact) mass is 337 g/mol. The number of nitrogens with zero attached hydrogens (tertiary/aromatic N) is 1. The summed E-state index contributed by atoms with van der Waals surface area (Å²) >= 11 is 0. The minimum absolute atomic E-state index is 0.181. The minimum atomic E-state index is -0.854. The van der Waals surface area contributed by atoms with Gasteiger partial charge in [-0.25, -0.2) is 18.0 Å². The molecule has 24 heavy (non-hydrogen) atoms. The summed E-state index contributed by atoms with van der Waals surface area (Å²) in [7, 11) is 3.62. The average molecular weight is 337 g/mol. The maximum atomic E-state index is 13.5. The van der Waals surface area contributed by atoms with Crippen LogP contribution in [-0.2, 0) is 0 Å².